The van der Waals surface area contributed by atoms with Gasteiger partial charge in [0.1, 0.15) is 19.8 Å². The lowest BCUT2D eigenvalue weighted by Crippen LogP contribution is -2.28. The van der Waals surface area contributed by atoms with Crippen LogP contribution in [-0.4, -0.2) is 55.9 Å². The highest BCUT2D eigenvalue weighted by molar-refractivity contribution is 7.09. The molecule has 0 bridgehead atoms. The lowest BCUT2D eigenvalue weighted by molar-refractivity contribution is -0.144. The summed E-state index contributed by atoms with van der Waals surface area (Å²) in [4.78, 5) is 31.1. The van der Waals surface area contributed by atoms with Gasteiger partial charge >= 0.3 is 5.97 Å². The summed E-state index contributed by atoms with van der Waals surface area (Å²) < 4.78 is 17.8. The van der Waals surface area contributed by atoms with Crippen molar-refractivity contribution >= 4 is 28.2 Å². The molecule has 0 saturated carbocycles. The monoisotopic (exact) mass is 496 g/mol. The van der Waals surface area contributed by atoms with E-state index in [1.54, 1.807) is 24.3 Å². The second kappa shape index (κ2) is 10.2. The van der Waals surface area contributed by atoms with Crippen molar-refractivity contribution in [2.24, 2.45) is 0 Å². The number of esters is 1. The van der Waals surface area contributed by atoms with Crippen LogP contribution >= 0.6 is 11.3 Å². The number of aromatic nitrogens is 5. The third kappa shape index (κ3) is 5.33. The quantitative estimate of drug-likeness (QED) is 0.347. The smallest absolute Gasteiger partial charge is 0.327 e. The topological polar surface area (TPSA) is 124 Å². The Morgan fingerprint density at radius 3 is 2.80 bits per heavy atom. The molecule has 4 heterocycles. The van der Waals surface area contributed by atoms with Gasteiger partial charge in [-0.05, 0) is 40.9 Å². The molecule has 35 heavy (non-hydrogen) atoms. The van der Waals surface area contributed by atoms with Gasteiger partial charge in [0.2, 0.25) is 0 Å². The zero-order valence-electron chi connectivity index (χ0n) is 19.1. The Morgan fingerprint density at radius 2 is 2.03 bits per heavy atom. The van der Waals surface area contributed by atoms with Crippen LogP contribution in [0.4, 0.5) is 0 Å². The van der Waals surface area contributed by atoms with Crippen molar-refractivity contribution in [3.8, 4) is 11.5 Å². The highest BCUT2D eigenvalue weighted by Crippen LogP contribution is 2.33. The maximum atomic E-state index is 13.0. The number of carbonyl (C=O) groups excluding carboxylic acids is 1. The molecule has 0 radical (unpaired) electrons. The first-order valence-electron chi connectivity index (χ1n) is 11.2. The molecular weight excluding hydrogens is 472 g/mol. The van der Waals surface area contributed by atoms with Crippen molar-refractivity contribution in [3.05, 3.63) is 62.3 Å². The Kier molecular flexibility index (Phi) is 6.73. The van der Waals surface area contributed by atoms with E-state index in [1.165, 1.54) is 4.68 Å². The molecule has 0 saturated heterocycles. The molecule has 5 rings (SSSR count). The van der Waals surface area contributed by atoms with Crippen LogP contribution in [0.25, 0.3) is 10.9 Å². The SMILES string of the molecule is CCOC(=O)Cn1nnnc1CN(Cc1cccs1)Cc1cc2cc3c(cc2[nH]c1=O)OCCO3. The second-order valence-electron chi connectivity index (χ2n) is 7.99. The van der Waals surface area contributed by atoms with Gasteiger partial charge in [-0.15, -0.1) is 16.4 Å². The molecule has 0 fully saturated rings. The summed E-state index contributed by atoms with van der Waals surface area (Å²) in [6.45, 7) is 4.20. The molecule has 0 aliphatic carbocycles. The van der Waals surface area contributed by atoms with Crippen LogP contribution in [0, 0.1) is 0 Å². The van der Waals surface area contributed by atoms with Gasteiger partial charge < -0.3 is 19.2 Å². The molecule has 0 spiro atoms. The minimum absolute atomic E-state index is 0.0766. The van der Waals surface area contributed by atoms with Gasteiger partial charge in [-0.25, -0.2) is 4.68 Å². The maximum absolute atomic E-state index is 13.0. The van der Waals surface area contributed by atoms with Gasteiger partial charge in [-0.2, -0.15) is 0 Å². The Bertz CT molecular complexity index is 1380. The van der Waals surface area contributed by atoms with E-state index in [9.17, 15) is 9.59 Å². The highest BCUT2D eigenvalue weighted by Gasteiger charge is 2.19. The first-order chi connectivity index (χ1) is 17.1. The zero-order chi connectivity index (χ0) is 24.2. The molecule has 0 amide bonds. The molecule has 1 N–H and O–H groups in total. The molecule has 4 aromatic rings. The summed E-state index contributed by atoms with van der Waals surface area (Å²) in [5.74, 6) is 1.38. The predicted molar refractivity (Wildman–Crippen MR) is 127 cm³/mol. The van der Waals surface area contributed by atoms with Crippen LogP contribution in [0.3, 0.4) is 0 Å². The number of pyridine rings is 1. The molecule has 182 valence electrons. The molecule has 3 aromatic heterocycles. The Hall–Kier alpha value is -3.77. The third-order valence-electron chi connectivity index (χ3n) is 5.49. The average Bonchev–Trinajstić information content (AvgIpc) is 3.51. The van der Waals surface area contributed by atoms with Crippen LogP contribution in [0.2, 0.25) is 0 Å². The summed E-state index contributed by atoms with van der Waals surface area (Å²) in [7, 11) is 0. The number of nitrogens with zero attached hydrogens (tertiary/aromatic N) is 5. The van der Waals surface area contributed by atoms with Gasteiger partial charge in [0.25, 0.3) is 5.56 Å². The van der Waals surface area contributed by atoms with E-state index in [-0.39, 0.29) is 18.7 Å². The van der Waals surface area contributed by atoms with Gasteiger partial charge in [0.05, 0.1) is 18.7 Å². The largest absolute Gasteiger partial charge is 0.486 e. The van der Waals surface area contributed by atoms with E-state index in [2.05, 4.69) is 25.4 Å². The number of hydrogen-bond donors (Lipinski definition) is 1. The lowest BCUT2D eigenvalue weighted by Gasteiger charge is -2.22. The van der Waals surface area contributed by atoms with E-state index in [0.29, 0.717) is 61.3 Å². The Morgan fingerprint density at radius 1 is 1.20 bits per heavy atom. The van der Waals surface area contributed by atoms with E-state index in [4.69, 9.17) is 14.2 Å². The third-order valence-corrected chi connectivity index (χ3v) is 6.35. The van der Waals surface area contributed by atoms with Gasteiger partial charge in [-0.1, -0.05) is 6.07 Å². The van der Waals surface area contributed by atoms with Crippen molar-refractivity contribution in [2.75, 3.05) is 19.8 Å². The fraction of sp³-hybridized carbons (Fsp3) is 0.348. The normalized spacial score (nSPS) is 12.9. The highest BCUT2D eigenvalue weighted by atomic mass is 32.1. The number of H-pyrrole nitrogens is 1. The average molecular weight is 497 g/mol. The minimum Gasteiger partial charge on any atom is -0.486 e. The minimum atomic E-state index is -0.411. The van der Waals surface area contributed by atoms with E-state index in [0.717, 1.165) is 10.3 Å². The van der Waals surface area contributed by atoms with Gasteiger partial charge in [0.15, 0.2) is 17.3 Å². The number of fused-ring (bicyclic) bond motifs is 2. The van der Waals surface area contributed by atoms with Crippen LogP contribution < -0.4 is 15.0 Å². The number of ether oxygens (including phenoxy) is 3. The van der Waals surface area contributed by atoms with Crippen LogP contribution in [-0.2, 0) is 35.7 Å². The molecular formula is C23H24N6O5S. The number of hydrogen-bond acceptors (Lipinski definition) is 10. The van der Waals surface area contributed by atoms with E-state index in [1.807, 2.05) is 29.6 Å². The fourth-order valence-corrected chi connectivity index (χ4v) is 4.67. The van der Waals surface area contributed by atoms with Crippen molar-refractivity contribution in [3.63, 3.8) is 0 Å². The van der Waals surface area contributed by atoms with E-state index >= 15 is 0 Å². The summed E-state index contributed by atoms with van der Waals surface area (Å²) in [5.41, 5.74) is 1.10. The zero-order valence-corrected chi connectivity index (χ0v) is 19.9. The summed E-state index contributed by atoms with van der Waals surface area (Å²) in [5, 5.41) is 14.6. The molecule has 0 unspecified atom stereocenters. The number of benzene rings is 1. The number of thiophene rings is 1. The summed E-state index contributed by atoms with van der Waals surface area (Å²) in [6.07, 6.45) is 0. The predicted octanol–water partition coefficient (Wildman–Crippen LogP) is 2.11. The molecule has 0 atom stereocenters. The summed E-state index contributed by atoms with van der Waals surface area (Å²) >= 11 is 1.63. The first kappa shape index (κ1) is 23.0. The Labute approximate surface area is 204 Å². The molecule has 11 nitrogen and oxygen atoms in total. The van der Waals surface area contributed by atoms with E-state index < -0.39 is 5.97 Å². The second-order valence-corrected chi connectivity index (χ2v) is 9.02. The first-order valence-corrected chi connectivity index (χ1v) is 12.1. The maximum Gasteiger partial charge on any atom is 0.327 e. The Balaban J connectivity index is 1.42. The lowest BCUT2D eigenvalue weighted by atomic mass is 10.1. The number of tetrazole rings is 1. The van der Waals surface area contributed by atoms with Crippen molar-refractivity contribution in [1.82, 2.24) is 30.1 Å². The van der Waals surface area contributed by atoms with Gasteiger partial charge in [0, 0.05) is 35.0 Å². The standard InChI is InChI=1S/C23H24N6O5S/c1-2-32-22(30)14-29-21(25-26-27-29)13-28(12-17-4-3-7-35-17)11-16-8-15-9-19-20(34-6-5-33-19)10-18(15)24-23(16)31/h3-4,7-10H,2,5-6,11-14H2,1H3,(H,24,31). The molecule has 12 heteroatoms. The molecule has 1 aliphatic rings. The number of rotatable bonds is 9. The molecule has 1 aromatic carbocycles. The van der Waals surface area contributed by atoms with Crippen LogP contribution in [0.5, 0.6) is 11.5 Å². The van der Waals surface area contributed by atoms with Crippen LogP contribution in [0.15, 0.2) is 40.5 Å². The van der Waals surface area contributed by atoms with Crippen LogP contribution in [0.1, 0.15) is 23.2 Å². The number of aromatic amines is 1. The number of carbonyl (C=O) groups is 1. The van der Waals surface area contributed by atoms with Gasteiger partial charge in [-0.3, -0.25) is 14.5 Å². The van der Waals surface area contributed by atoms with Crippen molar-refractivity contribution < 1.29 is 19.0 Å². The molecule has 1 aliphatic heterocycles. The summed E-state index contributed by atoms with van der Waals surface area (Å²) in [6, 6.07) is 9.56. The number of nitrogens with one attached hydrogen (secondary N) is 1. The fourth-order valence-electron chi connectivity index (χ4n) is 3.93. The van der Waals surface area contributed by atoms with Crippen molar-refractivity contribution in [1.29, 1.82) is 0 Å². The van der Waals surface area contributed by atoms with Crippen molar-refractivity contribution in [2.45, 2.75) is 33.1 Å².